The summed E-state index contributed by atoms with van der Waals surface area (Å²) in [6.07, 6.45) is 1.18. The molecule has 184 valence electrons. The number of benzene rings is 3. The third-order valence-corrected chi connectivity index (χ3v) is 7.51. The lowest BCUT2D eigenvalue weighted by Crippen LogP contribution is -2.40. The number of anilines is 2. The van der Waals surface area contributed by atoms with E-state index in [-0.39, 0.29) is 23.5 Å². The summed E-state index contributed by atoms with van der Waals surface area (Å²) in [5.41, 5.74) is 4.12. The van der Waals surface area contributed by atoms with Gasteiger partial charge in [-0.2, -0.15) is 0 Å². The van der Waals surface area contributed by atoms with Crippen LogP contribution in [0.25, 0.3) is 0 Å². The second-order valence-corrected chi connectivity index (χ2v) is 11.4. The van der Waals surface area contributed by atoms with Gasteiger partial charge in [-0.1, -0.05) is 79.0 Å². The summed E-state index contributed by atoms with van der Waals surface area (Å²) in [5, 5.41) is 5.01. The normalized spacial score (nSPS) is 18.8. The Morgan fingerprint density at radius 1 is 0.972 bits per heavy atom. The van der Waals surface area contributed by atoms with Crippen LogP contribution in [0.2, 0.25) is 15.1 Å². The van der Waals surface area contributed by atoms with Crippen LogP contribution in [-0.4, -0.2) is 11.7 Å². The van der Waals surface area contributed by atoms with Gasteiger partial charge in [-0.25, -0.2) is 0 Å². The third-order valence-electron chi connectivity index (χ3n) is 6.70. The van der Waals surface area contributed by atoms with Crippen LogP contribution in [0.5, 0.6) is 0 Å². The molecule has 0 aromatic heterocycles. The minimum atomic E-state index is -0.704. The standard InChI is InChI=1S/C29H25Cl3N2O2/c1-29(2)15-23-27(25(35)16-29)28(20-12-11-19(31)14-21(20)32)34(24-6-4-3-5-22(24)33-23)26(36)13-17-7-9-18(30)10-8-17/h3-12,14,28,33H,13,15-16H2,1-2H3/t28-/m0/s1. The number of carbonyl (C=O) groups excluding carboxylic acids is 2. The molecule has 1 amide bonds. The largest absolute Gasteiger partial charge is 0.357 e. The number of nitrogens with zero attached hydrogens (tertiary/aromatic N) is 1. The van der Waals surface area contributed by atoms with Crippen molar-refractivity contribution >= 4 is 57.9 Å². The minimum Gasteiger partial charge on any atom is -0.357 e. The Kier molecular flexibility index (Phi) is 6.63. The van der Waals surface area contributed by atoms with Crippen molar-refractivity contribution in [1.82, 2.24) is 0 Å². The third kappa shape index (κ3) is 4.78. The highest BCUT2D eigenvalue weighted by Crippen LogP contribution is 2.49. The molecule has 1 aliphatic heterocycles. The fourth-order valence-corrected chi connectivity index (χ4v) is 5.78. The molecule has 7 heteroatoms. The van der Waals surface area contributed by atoms with Crippen molar-refractivity contribution in [2.45, 2.75) is 39.2 Å². The van der Waals surface area contributed by atoms with Crippen molar-refractivity contribution in [2.24, 2.45) is 5.41 Å². The van der Waals surface area contributed by atoms with E-state index in [0.717, 1.165) is 16.9 Å². The van der Waals surface area contributed by atoms with Crippen molar-refractivity contribution < 1.29 is 9.59 Å². The zero-order chi connectivity index (χ0) is 25.6. The Balaban J connectivity index is 1.73. The molecule has 0 unspecified atom stereocenters. The predicted molar refractivity (Wildman–Crippen MR) is 147 cm³/mol. The average Bonchev–Trinajstić information content (AvgIpc) is 2.94. The van der Waals surface area contributed by atoms with Crippen LogP contribution >= 0.6 is 34.8 Å². The van der Waals surface area contributed by atoms with Crippen molar-refractivity contribution in [2.75, 3.05) is 10.2 Å². The number of carbonyl (C=O) groups is 2. The Morgan fingerprint density at radius 3 is 2.39 bits per heavy atom. The summed E-state index contributed by atoms with van der Waals surface area (Å²) < 4.78 is 0. The molecule has 1 heterocycles. The molecule has 0 fully saturated rings. The number of hydrogen-bond donors (Lipinski definition) is 1. The number of rotatable bonds is 3. The number of halogens is 3. The molecule has 3 aromatic rings. The van der Waals surface area contributed by atoms with E-state index in [1.54, 1.807) is 29.2 Å². The van der Waals surface area contributed by atoms with E-state index in [2.05, 4.69) is 19.2 Å². The number of fused-ring (bicyclic) bond motifs is 1. The predicted octanol–water partition coefficient (Wildman–Crippen LogP) is 8.03. The summed E-state index contributed by atoms with van der Waals surface area (Å²) in [7, 11) is 0. The molecule has 0 radical (unpaired) electrons. The van der Waals surface area contributed by atoms with Gasteiger partial charge in [0.15, 0.2) is 5.78 Å². The molecule has 0 bridgehead atoms. The van der Waals surface area contributed by atoms with Crippen LogP contribution < -0.4 is 10.2 Å². The summed E-state index contributed by atoms with van der Waals surface area (Å²) >= 11 is 19.0. The number of para-hydroxylation sites is 2. The zero-order valence-electron chi connectivity index (χ0n) is 19.9. The Labute approximate surface area is 225 Å². The fourth-order valence-electron chi connectivity index (χ4n) is 5.14. The summed E-state index contributed by atoms with van der Waals surface area (Å²) in [4.78, 5) is 29.6. The van der Waals surface area contributed by atoms with Crippen molar-refractivity contribution in [3.8, 4) is 0 Å². The van der Waals surface area contributed by atoms with Crippen LogP contribution in [0.1, 0.15) is 43.9 Å². The SMILES string of the molecule is CC1(C)CC(=O)C2=C(C1)Nc1ccccc1N(C(=O)Cc1ccc(Cl)cc1)[C@H]2c1ccc(Cl)cc1Cl. The first kappa shape index (κ1) is 24.9. The smallest absolute Gasteiger partial charge is 0.232 e. The van der Waals surface area contributed by atoms with Crippen LogP contribution in [-0.2, 0) is 16.0 Å². The molecular weight excluding hydrogens is 515 g/mol. The molecule has 0 spiro atoms. The molecule has 5 rings (SSSR count). The summed E-state index contributed by atoms with van der Waals surface area (Å²) in [6, 6.07) is 19.3. The molecule has 2 aliphatic rings. The number of allylic oxidation sites excluding steroid dienone is 1. The van der Waals surface area contributed by atoms with Gasteiger partial charge in [-0.3, -0.25) is 14.5 Å². The Bertz CT molecular complexity index is 1400. The molecule has 36 heavy (non-hydrogen) atoms. The van der Waals surface area contributed by atoms with Gasteiger partial charge in [0.25, 0.3) is 0 Å². The average molecular weight is 540 g/mol. The molecule has 4 nitrogen and oxygen atoms in total. The van der Waals surface area contributed by atoms with Gasteiger partial charge in [-0.15, -0.1) is 0 Å². The monoisotopic (exact) mass is 538 g/mol. The van der Waals surface area contributed by atoms with Crippen molar-refractivity contribution in [3.63, 3.8) is 0 Å². The number of Topliss-reactive ketones (excluding diaryl/α,β-unsaturated/α-hetero) is 1. The Hall–Kier alpha value is -2.79. The van der Waals surface area contributed by atoms with E-state index in [0.29, 0.717) is 44.7 Å². The maximum Gasteiger partial charge on any atom is 0.232 e. The molecule has 1 N–H and O–H groups in total. The summed E-state index contributed by atoms with van der Waals surface area (Å²) in [6.45, 7) is 4.17. The maximum absolute atomic E-state index is 14.1. The lowest BCUT2D eigenvalue weighted by atomic mass is 9.73. The van der Waals surface area contributed by atoms with E-state index in [9.17, 15) is 9.59 Å². The van der Waals surface area contributed by atoms with Gasteiger partial charge >= 0.3 is 0 Å². The quantitative estimate of drug-likeness (QED) is 0.366. The zero-order valence-corrected chi connectivity index (χ0v) is 22.2. The highest BCUT2D eigenvalue weighted by molar-refractivity contribution is 6.35. The summed E-state index contributed by atoms with van der Waals surface area (Å²) in [5.74, 6) is -0.157. The maximum atomic E-state index is 14.1. The minimum absolute atomic E-state index is 0.00173. The van der Waals surface area contributed by atoms with Gasteiger partial charge in [0.05, 0.1) is 23.8 Å². The van der Waals surface area contributed by atoms with E-state index in [1.165, 1.54) is 0 Å². The van der Waals surface area contributed by atoms with Gasteiger partial charge in [0.1, 0.15) is 0 Å². The van der Waals surface area contributed by atoms with E-state index in [4.69, 9.17) is 34.8 Å². The highest BCUT2D eigenvalue weighted by atomic mass is 35.5. The first-order valence-electron chi connectivity index (χ1n) is 11.8. The number of amides is 1. The van der Waals surface area contributed by atoms with E-state index < -0.39 is 6.04 Å². The number of hydrogen-bond acceptors (Lipinski definition) is 3. The second kappa shape index (κ2) is 9.59. The van der Waals surface area contributed by atoms with Gasteiger partial charge in [-0.05, 0) is 59.4 Å². The number of nitrogens with one attached hydrogen (secondary N) is 1. The lowest BCUT2D eigenvalue weighted by Gasteiger charge is -2.37. The van der Waals surface area contributed by atoms with Gasteiger partial charge in [0, 0.05) is 32.8 Å². The molecular formula is C29H25Cl3N2O2. The Morgan fingerprint density at radius 2 is 1.67 bits per heavy atom. The van der Waals surface area contributed by atoms with E-state index in [1.807, 2.05) is 42.5 Å². The lowest BCUT2D eigenvalue weighted by molar-refractivity contribution is -0.119. The first-order chi connectivity index (χ1) is 17.1. The topological polar surface area (TPSA) is 49.4 Å². The number of ketones is 1. The van der Waals surface area contributed by atoms with Crippen LogP contribution in [0, 0.1) is 5.41 Å². The molecule has 1 aliphatic carbocycles. The highest BCUT2D eigenvalue weighted by Gasteiger charge is 2.43. The van der Waals surface area contributed by atoms with Crippen LogP contribution in [0.15, 0.2) is 78.0 Å². The van der Waals surface area contributed by atoms with Crippen LogP contribution in [0.4, 0.5) is 11.4 Å². The molecule has 0 saturated carbocycles. The van der Waals surface area contributed by atoms with E-state index >= 15 is 0 Å². The van der Waals surface area contributed by atoms with Gasteiger partial charge in [0.2, 0.25) is 5.91 Å². The molecule has 1 atom stereocenters. The second-order valence-electron chi connectivity index (χ2n) is 10.1. The van der Waals surface area contributed by atoms with Gasteiger partial charge < -0.3 is 5.32 Å². The van der Waals surface area contributed by atoms with Crippen molar-refractivity contribution in [3.05, 3.63) is 104 Å². The first-order valence-corrected chi connectivity index (χ1v) is 12.9. The fraction of sp³-hybridized carbons (Fsp3) is 0.241. The van der Waals surface area contributed by atoms with Crippen LogP contribution in [0.3, 0.4) is 0 Å². The van der Waals surface area contributed by atoms with Crippen molar-refractivity contribution in [1.29, 1.82) is 0 Å². The molecule has 3 aromatic carbocycles. The molecule has 0 saturated heterocycles.